The number of hydrogen-bond acceptors (Lipinski definition) is 3. The quantitative estimate of drug-likeness (QED) is 0.454. The number of halogens is 7. The molecule has 0 spiro atoms. The third kappa shape index (κ3) is 4.27. The van der Waals surface area contributed by atoms with Crippen molar-refractivity contribution in [2.24, 2.45) is 0 Å². The van der Waals surface area contributed by atoms with Crippen LogP contribution in [0.15, 0.2) is 6.07 Å². The van der Waals surface area contributed by atoms with E-state index in [1.54, 1.807) is 0 Å². The van der Waals surface area contributed by atoms with Crippen molar-refractivity contribution in [3.05, 3.63) is 23.0 Å². The van der Waals surface area contributed by atoms with Crippen LogP contribution in [0.3, 0.4) is 0 Å². The molecule has 10 heteroatoms. The van der Waals surface area contributed by atoms with Gasteiger partial charge >= 0.3 is 6.36 Å². The minimum absolute atomic E-state index is 0.237. The zero-order valence-corrected chi connectivity index (χ0v) is 11.1. The van der Waals surface area contributed by atoms with E-state index < -0.39 is 35.0 Å². The number of alkyl halides is 6. The van der Waals surface area contributed by atoms with E-state index in [1.807, 2.05) is 0 Å². The summed E-state index contributed by atoms with van der Waals surface area (Å²) in [5, 5.41) is -1.53. The standard InChI is InChI=1S/C9H4BrClF5NO2/c10-2-4-5(19-9(14,15)16)1-3(8(12)13)6(17-4)7(11)18/h1,8H,2H2. The van der Waals surface area contributed by atoms with Gasteiger partial charge in [-0.2, -0.15) is 0 Å². The number of aromatic nitrogens is 1. The molecule has 0 aliphatic heterocycles. The summed E-state index contributed by atoms with van der Waals surface area (Å²) in [6.07, 6.45) is -8.28. The predicted molar refractivity (Wildman–Crippen MR) is 58.7 cm³/mol. The fourth-order valence-corrected chi connectivity index (χ4v) is 1.73. The molecule has 0 atom stereocenters. The molecular formula is C9H4BrClF5NO2. The highest BCUT2D eigenvalue weighted by molar-refractivity contribution is 9.08. The molecule has 0 aromatic carbocycles. The van der Waals surface area contributed by atoms with Crippen molar-refractivity contribution < 1.29 is 31.5 Å². The van der Waals surface area contributed by atoms with Crippen molar-refractivity contribution in [3.8, 4) is 5.75 Å². The Hall–Kier alpha value is -0.960. The second-order valence-corrected chi connectivity index (χ2v) is 4.03. The Balaban J connectivity index is 3.39. The molecule has 0 aliphatic carbocycles. The molecule has 106 valence electrons. The van der Waals surface area contributed by atoms with E-state index in [-0.39, 0.29) is 11.0 Å². The van der Waals surface area contributed by atoms with Crippen LogP contribution in [0.4, 0.5) is 22.0 Å². The number of rotatable bonds is 4. The van der Waals surface area contributed by atoms with Crippen molar-refractivity contribution in [1.82, 2.24) is 4.98 Å². The maximum Gasteiger partial charge on any atom is 0.573 e. The number of ether oxygens (including phenoxy) is 1. The molecule has 0 bridgehead atoms. The molecule has 3 nitrogen and oxygen atoms in total. The lowest BCUT2D eigenvalue weighted by Gasteiger charge is -2.14. The molecular weight excluding hydrogens is 364 g/mol. The Morgan fingerprint density at radius 1 is 1.47 bits per heavy atom. The van der Waals surface area contributed by atoms with Gasteiger partial charge in [0.2, 0.25) is 0 Å². The Kier molecular flexibility index (Phi) is 5.08. The van der Waals surface area contributed by atoms with Crippen LogP contribution < -0.4 is 4.74 Å². The van der Waals surface area contributed by atoms with Gasteiger partial charge in [-0.1, -0.05) is 15.9 Å². The van der Waals surface area contributed by atoms with Gasteiger partial charge in [-0.25, -0.2) is 13.8 Å². The van der Waals surface area contributed by atoms with E-state index in [1.165, 1.54) is 0 Å². The van der Waals surface area contributed by atoms with Gasteiger partial charge in [-0.05, 0) is 17.7 Å². The maximum atomic E-state index is 12.6. The fourth-order valence-electron chi connectivity index (χ4n) is 1.18. The smallest absolute Gasteiger partial charge is 0.404 e. The van der Waals surface area contributed by atoms with Gasteiger partial charge in [0.25, 0.3) is 11.7 Å². The lowest BCUT2D eigenvalue weighted by molar-refractivity contribution is -0.275. The largest absolute Gasteiger partial charge is 0.573 e. The van der Waals surface area contributed by atoms with Crippen LogP contribution >= 0.6 is 27.5 Å². The van der Waals surface area contributed by atoms with Crippen LogP contribution in [0.25, 0.3) is 0 Å². The van der Waals surface area contributed by atoms with Crippen molar-refractivity contribution in [1.29, 1.82) is 0 Å². The van der Waals surface area contributed by atoms with E-state index >= 15 is 0 Å². The normalized spacial score (nSPS) is 11.8. The highest BCUT2D eigenvalue weighted by atomic mass is 79.9. The zero-order valence-electron chi connectivity index (χ0n) is 8.77. The minimum atomic E-state index is -5.06. The van der Waals surface area contributed by atoms with Gasteiger partial charge in [-0.3, -0.25) is 4.79 Å². The third-order valence-electron chi connectivity index (χ3n) is 1.86. The van der Waals surface area contributed by atoms with Crippen molar-refractivity contribution >= 4 is 32.8 Å². The highest BCUT2D eigenvalue weighted by Gasteiger charge is 2.33. The third-order valence-corrected chi connectivity index (χ3v) is 2.57. The average molecular weight is 368 g/mol. The molecule has 19 heavy (non-hydrogen) atoms. The first-order chi connectivity index (χ1) is 8.65. The van der Waals surface area contributed by atoms with Gasteiger partial charge in [0.05, 0.1) is 11.3 Å². The second-order valence-electron chi connectivity index (χ2n) is 3.13. The molecule has 0 N–H and O–H groups in total. The van der Waals surface area contributed by atoms with Crippen LogP contribution in [-0.4, -0.2) is 16.6 Å². The SMILES string of the molecule is O=C(Cl)c1nc(CBr)c(OC(F)(F)F)cc1C(F)F. The van der Waals surface area contributed by atoms with Gasteiger partial charge < -0.3 is 4.74 Å². The van der Waals surface area contributed by atoms with E-state index in [0.29, 0.717) is 6.07 Å². The Bertz CT molecular complexity index is 494. The van der Waals surface area contributed by atoms with Crippen molar-refractivity contribution in [3.63, 3.8) is 0 Å². The number of carbonyl (C=O) groups is 1. The monoisotopic (exact) mass is 367 g/mol. The second kappa shape index (κ2) is 6.00. The molecule has 1 rings (SSSR count). The molecule has 1 aromatic rings. The lowest BCUT2D eigenvalue weighted by atomic mass is 10.1. The Labute approximate surface area is 116 Å². The Morgan fingerprint density at radius 2 is 2.05 bits per heavy atom. The van der Waals surface area contributed by atoms with Crippen molar-refractivity contribution in [2.75, 3.05) is 0 Å². The molecule has 0 saturated carbocycles. The maximum absolute atomic E-state index is 12.6. The number of nitrogens with zero attached hydrogens (tertiary/aromatic N) is 1. The predicted octanol–water partition coefficient (Wildman–Crippen LogP) is 4.19. The van der Waals surface area contributed by atoms with E-state index in [0.717, 1.165) is 0 Å². The first-order valence-corrected chi connectivity index (χ1v) is 5.99. The van der Waals surface area contributed by atoms with Crippen molar-refractivity contribution in [2.45, 2.75) is 18.1 Å². The lowest BCUT2D eigenvalue weighted by Crippen LogP contribution is -2.19. The minimum Gasteiger partial charge on any atom is -0.404 e. The average Bonchev–Trinajstić information content (AvgIpc) is 2.25. The number of hydrogen-bond donors (Lipinski definition) is 0. The molecule has 0 amide bonds. The summed E-state index contributed by atoms with van der Waals surface area (Å²) in [6.45, 7) is 0. The fraction of sp³-hybridized carbons (Fsp3) is 0.333. The van der Waals surface area contributed by atoms with E-state index in [4.69, 9.17) is 11.6 Å². The molecule has 1 aromatic heterocycles. The van der Waals surface area contributed by atoms with Gasteiger partial charge in [-0.15, -0.1) is 13.2 Å². The summed E-state index contributed by atoms with van der Waals surface area (Å²) in [6, 6.07) is 0.400. The summed E-state index contributed by atoms with van der Waals surface area (Å²) in [7, 11) is 0. The van der Waals surface area contributed by atoms with Crippen LogP contribution in [0.5, 0.6) is 5.75 Å². The summed E-state index contributed by atoms with van der Waals surface area (Å²) in [5.41, 5.74) is -2.20. The van der Waals surface area contributed by atoms with E-state index in [9.17, 15) is 26.7 Å². The Morgan fingerprint density at radius 3 is 2.42 bits per heavy atom. The summed E-state index contributed by atoms with van der Waals surface area (Å²) >= 11 is 7.86. The number of carbonyl (C=O) groups excluding carboxylic acids is 1. The molecule has 0 fully saturated rings. The zero-order chi connectivity index (χ0) is 14.8. The first kappa shape index (κ1) is 16.1. The van der Waals surface area contributed by atoms with Crippen LogP contribution in [0.2, 0.25) is 0 Å². The summed E-state index contributed by atoms with van der Waals surface area (Å²) < 4.78 is 65.2. The molecule has 0 radical (unpaired) electrons. The van der Waals surface area contributed by atoms with Gasteiger partial charge in [0.1, 0.15) is 5.69 Å². The topological polar surface area (TPSA) is 39.2 Å². The van der Waals surface area contributed by atoms with Gasteiger partial charge in [0, 0.05) is 5.33 Å². The molecule has 0 saturated heterocycles. The van der Waals surface area contributed by atoms with Crippen LogP contribution in [0, 0.1) is 0 Å². The van der Waals surface area contributed by atoms with Gasteiger partial charge in [0.15, 0.2) is 5.75 Å². The summed E-state index contributed by atoms with van der Waals surface area (Å²) in [4.78, 5) is 14.3. The van der Waals surface area contributed by atoms with Crippen LogP contribution in [0.1, 0.15) is 28.2 Å². The molecule has 0 aliphatic rings. The number of pyridine rings is 1. The first-order valence-electron chi connectivity index (χ1n) is 4.49. The summed E-state index contributed by atoms with van der Waals surface area (Å²) in [5.74, 6) is -0.915. The molecule has 1 heterocycles. The molecule has 0 unspecified atom stereocenters. The van der Waals surface area contributed by atoms with E-state index in [2.05, 4.69) is 25.7 Å². The highest BCUT2D eigenvalue weighted by Crippen LogP contribution is 2.33. The van der Waals surface area contributed by atoms with Crippen LogP contribution in [-0.2, 0) is 5.33 Å².